The van der Waals surface area contributed by atoms with Gasteiger partial charge < -0.3 is 15.8 Å². The van der Waals surface area contributed by atoms with E-state index in [1.165, 1.54) is 6.07 Å². The average molecular weight is 382 g/mol. The molecule has 0 radical (unpaired) electrons. The molecule has 1 aromatic carbocycles. The van der Waals surface area contributed by atoms with Gasteiger partial charge in [0, 0.05) is 24.2 Å². The number of aryl methyl sites for hydroxylation is 1. The third kappa shape index (κ3) is 4.46. The van der Waals surface area contributed by atoms with E-state index in [1.807, 2.05) is 6.92 Å². The van der Waals surface area contributed by atoms with Gasteiger partial charge in [0.2, 0.25) is 11.7 Å². The van der Waals surface area contributed by atoms with Crippen molar-refractivity contribution in [3.63, 3.8) is 0 Å². The van der Waals surface area contributed by atoms with Crippen molar-refractivity contribution in [3.05, 3.63) is 41.6 Å². The number of benzene rings is 1. The van der Waals surface area contributed by atoms with Crippen LogP contribution < -0.4 is 15.8 Å². The molecule has 1 aliphatic rings. The highest BCUT2D eigenvalue weighted by molar-refractivity contribution is 5.87. The number of amides is 1. The number of halogens is 1. The number of nitrogens with two attached hydrogens (primary N) is 1. The Morgan fingerprint density at radius 2 is 2.18 bits per heavy atom. The fourth-order valence-electron chi connectivity index (χ4n) is 3.06. The summed E-state index contributed by atoms with van der Waals surface area (Å²) in [5.41, 5.74) is 6.58. The van der Waals surface area contributed by atoms with E-state index in [4.69, 9.17) is 10.5 Å². The van der Waals surface area contributed by atoms with Crippen molar-refractivity contribution in [2.24, 2.45) is 5.73 Å². The van der Waals surface area contributed by atoms with E-state index in [0.717, 1.165) is 6.42 Å². The Morgan fingerprint density at radius 3 is 2.93 bits per heavy atom. The summed E-state index contributed by atoms with van der Waals surface area (Å²) in [4.78, 5) is 20.6. The Kier molecular flexibility index (Phi) is 5.90. The molecule has 28 heavy (non-hydrogen) atoms. The van der Waals surface area contributed by atoms with Crippen LogP contribution >= 0.6 is 0 Å². The molecule has 1 saturated heterocycles. The molecule has 7 heteroatoms. The number of aromatic nitrogens is 2. The highest BCUT2D eigenvalue weighted by Crippen LogP contribution is 2.26. The van der Waals surface area contributed by atoms with Crippen molar-refractivity contribution in [2.75, 3.05) is 13.2 Å². The number of carbonyl (C=O) groups is 1. The minimum atomic E-state index is -0.990. The van der Waals surface area contributed by atoms with Crippen molar-refractivity contribution >= 4 is 5.91 Å². The van der Waals surface area contributed by atoms with Gasteiger partial charge in [0.05, 0.1) is 12.3 Å². The van der Waals surface area contributed by atoms with Crippen LogP contribution in [0.5, 0.6) is 5.75 Å². The fraction of sp³-hybridized carbons (Fsp3) is 0.381. The molecule has 1 aliphatic heterocycles. The fourth-order valence-corrected chi connectivity index (χ4v) is 3.06. The van der Waals surface area contributed by atoms with E-state index >= 15 is 0 Å². The van der Waals surface area contributed by atoms with Gasteiger partial charge in [-0.2, -0.15) is 0 Å². The van der Waals surface area contributed by atoms with Crippen LogP contribution in [0.2, 0.25) is 0 Å². The van der Waals surface area contributed by atoms with E-state index in [0.29, 0.717) is 42.3 Å². The Balaban J connectivity index is 1.87. The Labute approximate surface area is 163 Å². The molecule has 2 aromatic rings. The lowest BCUT2D eigenvalue weighted by atomic mass is 9.87. The maximum absolute atomic E-state index is 14.3. The number of rotatable bonds is 4. The van der Waals surface area contributed by atoms with E-state index in [-0.39, 0.29) is 18.2 Å². The number of piperidine rings is 1. The van der Waals surface area contributed by atoms with E-state index < -0.39 is 11.4 Å². The summed E-state index contributed by atoms with van der Waals surface area (Å²) in [5, 5.41) is 2.77. The average Bonchev–Trinajstić information content (AvgIpc) is 2.66. The second-order valence-electron chi connectivity index (χ2n) is 6.79. The second-order valence-corrected chi connectivity index (χ2v) is 6.79. The van der Waals surface area contributed by atoms with Crippen LogP contribution in [0, 0.1) is 24.6 Å². The molecule has 0 saturated carbocycles. The standard InChI is InChI=1S/C21H23FN4O2/c1-3-28-15-7-8-17(22)16(13-15)18-12-14(2)25-19(26-18)6-4-9-21(23)10-5-11-24-20(21)27/h7-8,12-13H,3,5,9-11,23H2,1-2H3,(H,24,27)/t21-/m1/s1. The second kappa shape index (κ2) is 8.36. The zero-order chi connectivity index (χ0) is 20.1. The number of hydrogen-bond donors (Lipinski definition) is 2. The molecule has 3 rings (SSSR count). The van der Waals surface area contributed by atoms with E-state index in [9.17, 15) is 9.18 Å². The third-order valence-electron chi connectivity index (χ3n) is 4.52. The summed E-state index contributed by atoms with van der Waals surface area (Å²) in [6.07, 6.45) is 1.62. The molecule has 1 amide bonds. The SMILES string of the molecule is CCOc1ccc(F)c(-c2cc(C)nc(C#CC[C@@]3(N)CCCNC3=O)n2)c1. The molecule has 0 unspecified atom stereocenters. The minimum Gasteiger partial charge on any atom is -0.494 e. The van der Waals surface area contributed by atoms with Crippen molar-refractivity contribution < 1.29 is 13.9 Å². The molecular formula is C21H23FN4O2. The third-order valence-corrected chi connectivity index (χ3v) is 4.52. The Hall–Kier alpha value is -2.98. The molecule has 6 nitrogen and oxygen atoms in total. The van der Waals surface area contributed by atoms with Gasteiger partial charge in [-0.1, -0.05) is 5.92 Å². The van der Waals surface area contributed by atoms with Gasteiger partial charge in [-0.25, -0.2) is 14.4 Å². The Bertz CT molecular complexity index is 951. The molecular weight excluding hydrogens is 359 g/mol. The monoisotopic (exact) mass is 382 g/mol. The number of hydrogen-bond acceptors (Lipinski definition) is 5. The number of ether oxygens (including phenoxy) is 1. The molecule has 1 atom stereocenters. The first kappa shape index (κ1) is 19.8. The van der Waals surface area contributed by atoms with Crippen LogP contribution in [0.1, 0.15) is 37.7 Å². The van der Waals surface area contributed by atoms with Gasteiger partial charge in [-0.05, 0) is 56.9 Å². The lowest BCUT2D eigenvalue weighted by Crippen LogP contribution is -2.57. The smallest absolute Gasteiger partial charge is 0.241 e. The highest BCUT2D eigenvalue weighted by Gasteiger charge is 2.35. The lowest BCUT2D eigenvalue weighted by Gasteiger charge is -2.30. The van der Waals surface area contributed by atoms with Crippen LogP contribution in [0.15, 0.2) is 24.3 Å². The first-order chi connectivity index (χ1) is 13.4. The largest absolute Gasteiger partial charge is 0.494 e. The van der Waals surface area contributed by atoms with Crippen LogP contribution in [0.25, 0.3) is 11.3 Å². The van der Waals surface area contributed by atoms with Crippen molar-refractivity contribution in [1.29, 1.82) is 0 Å². The van der Waals surface area contributed by atoms with Crippen molar-refractivity contribution in [2.45, 2.75) is 38.6 Å². The molecule has 146 valence electrons. The lowest BCUT2D eigenvalue weighted by molar-refractivity contribution is -0.127. The van der Waals surface area contributed by atoms with Gasteiger partial charge in [-0.3, -0.25) is 4.79 Å². The van der Waals surface area contributed by atoms with Crippen LogP contribution in [0.4, 0.5) is 4.39 Å². The van der Waals surface area contributed by atoms with Crippen molar-refractivity contribution in [3.8, 4) is 28.8 Å². The maximum Gasteiger partial charge on any atom is 0.241 e. The zero-order valence-electron chi connectivity index (χ0n) is 16.0. The molecule has 1 aromatic heterocycles. The number of carbonyl (C=O) groups excluding carboxylic acids is 1. The van der Waals surface area contributed by atoms with Gasteiger partial charge in [-0.15, -0.1) is 0 Å². The van der Waals surface area contributed by atoms with Crippen molar-refractivity contribution in [1.82, 2.24) is 15.3 Å². The normalized spacial score (nSPS) is 18.8. The summed E-state index contributed by atoms with van der Waals surface area (Å²) in [5.74, 6) is 6.01. The minimum absolute atomic E-state index is 0.186. The summed E-state index contributed by atoms with van der Waals surface area (Å²) in [6.45, 7) is 4.78. The van der Waals surface area contributed by atoms with Crippen LogP contribution in [-0.2, 0) is 4.79 Å². The first-order valence-corrected chi connectivity index (χ1v) is 9.26. The first-order valence-electron chi connectivity index (χ1n) is 9.26. The summed E-state index contributed by atoms with van der Waals surface area (Å²) in [7, 11) is 0. The molecule has 1 fully saturated rings. The predicted molar refractivity (Wildman–Crippen MR) is 104 cm³/mol. The predicted octanol–water partition coefficient (Wildman–Crippen LogP) is 2.34. The van der Waals surface area contributed by atoms with E-state index in [1.54, 1.807) is 25.1 Å². The summed E-state index contributed by atoms with van der Waals surface area (Å²) >= 11 is 0. The Morgan fingerprint density at radius 1 is 1.36 bits per heavy atom. The molecule has 3 N–H and O–H groups in total. The zero-order valence-corrected chi connectivity index (χ0v) is 16.0. The summed E-state index contributed by atoms with van der Waals surface area (Å²) < 4.78 is 19.8. The molecule has 0 aliphatic carbocycles. The van der Waals surface area contributed by atoms with Gasteiger partial charge >= 0.3 is 0 Å². The number of nitrogens with one attached hydrogen (secondary N) is 1. The van der Waals surface area contributed by atoms with E-state index in [2.05, 4.69) is 27.1 Å². The summed E-state index contributed by atoms with van der Waals surface area (Å²) in [6, 6.07) is 6.23. The highest BCUT2D eigenvalue weighted by atomic mass is 19.1. The molecule has 0 spiro atoms. The molecule has 2 heterocycles. The van der Waals surface area contributed by atoms with Gasteiger partial charge in [0.15, 0.2) is 0 Å². The quantitative estimate of drug-likeness (QED) is 0.792. The molecule has 0 bridgehead atoms. The van der Waals surface area contributed by atoms with Gasteiger partial charge in [0.1, 0.15) is 17.1 Å². The number of nitrogens with zero attached hydrogens (tertiary/aromatic N) is 2. The topological polar surface area (TPSA) is 90.1 Å². The maximum atomic E-state index is 14.3. The van der Waals surface area contributed by atoms with Crippen LogP contribution in [0.3, 0.4) is 0 Å². The van der Waals surface area contributed by atoms with Crippen LogP contribution in [-0.4, -0.2) is 34.6 Å². The van der Waals surface area contributed by atoms with Gasteiger partial charge in [0.25, 0.3) is 0 Å².